The van der Waals surface area contributed by atoms with Crippen LogP contribution in [0, 0.1) is 0 Å². The van der Waals surface area contributed by atoms with Crippen molar-refractivity contribution in [3.8, 4) is 0 Å². The largest absolute Gasteiger partial charge is 0.478 e. The van der Waals surface area contributed by atoms with Crippen molar-refractivity contribution in [3.63, 3.8) is 0 Å². The van der Waals surface area contributed by atoms with Gasteiger partial charge in [0, 0.05) is 10.5 Å². The fourth-order valence-corrected chi connectivity index (χ4v) is 2.13. The Bertz CT molecular complexity index is 491. The number of carboxylic acid groups (broad SMARTS) is 1. The van der Waals surface area contributed by atoms with Crippen molar-refractivity contribution in [2.24, 2.45) is 0 Å². The lowest BCUT2D eigenvalue weighted by molar-refractivity contribution is 0.0698. The van der Waals surface area contributed by atoms with Gasteiger partial charge in [0.25, 0.3) is 0 Å². The molecule has 0 bridgehead atoms. The second-order valence-electron chi connectivity index (χ2n) is 4.64. The van der Waals surface area contributed by atoms with Crippen LogP contribution in [-0.2, 0) is 0 Å². The molecular formula is C14H19BrN2O3. The Kier molecular flexibility index (Phi) is 6.51. The predicted molar refractivity (Wildman–Crippen MR) is 82.2 cm³/mol. The number of hydrogen-bond donors (Lipinski definition) is 3. The number of halogens is 1. The number of benzene rings is 1. The monoisotopic (exact) mass is 342 g/mol. The number of anilines is 1. The summed E-state index contributed by atoms with van der Waals surface area (Å²) >= 11 is 3.21. The molecule has 1 aromatic carbocycles. The number of nitrogens with one attached hydrogen (secondary N) is 2. The highest BCUT2D eigenvalue weighted by atomic mass is 79.9. The van der Waals surface area contributed by atoms with Gasteiger partial charge in [0.05, 0.1) is 11.3 Å². The second-order valence-corrected chi connectivity index (χ2v) is 5.55. The van der Waals surface area contributed by atoms with Crippen LogP contribution in [0.15, 0.2) is 22.7 Å². The molecule has 6 heteroatoms. The lowest BCUT2D eigenvalue weighted by atomic mass is 10.1. The van der Waals surface area contributed by atoms with Gasteiger partial charge >= 0.3 is 12.0 Å². The lowest BCUT2D eigenvalue weighted by Gasteiger charge is -2.15. The highest BCUT2D eigenvalue weighted by Crippen LogP contribution is 2.21. The van der Waals surface area contributed by atoms with E-state index in [0.29, 0.717) is 4.47 Å². The van der Waals surface area contributed by atoms with E-state index in [-0.39, 0.29) is 17.3 Å². The van der Waals surface area contributed by atoms with E-state index in [2.05, 4.69) is 33.5 Å². The molecule has 0 aliphatic heterocycles. The van der Waals surface area contributed by atoms with E-state index >= 15 is 0 Å². The standard InChI is InChI=1S/C14H19BrN2O3/c1-3-4-5-9(2)16-14(20)17-12-7-6-10(15)8-11(12)13(18)19/h6-9H,3-5H2,1-2H3,(H,18,19)(H2,16,17,20). The summed E-state index contributed by atoms with van der Waals surface area (Å²) < 4.78 is 0.650. The van der Waals surface area contributed by atoms with Gasteiger partial charge in [0.1, 0.15) is 0 Å². The highest BCUT2D eigenvalue weighted by Gasteiger charge is 2.14. The number of carboxylic acids is 1. The molecule has 0 fully saturated rings. The molecule has 3 N–H and O–H groups in total. The van der Waals surface area contributed by atoms with Crippen LogP contribution in [-0.4, -0.2) is 23.1 Å². The molecule has 20 heavy (non-hydrogen) atoms. The van der Waals surface area contributed by atoms with Gasteiger partial charge in [-0.1, -0.05) is 35.7 Å². The molecule has 1 rings (SSSR count). The van der Waals surface area contributed by atoms with E-state index < -0.39 is 12.0 Å². The van der Waals surface area contributed by atoms with Crippen LogP contribution in [0.5, 0.6) is 0 Å². The molecule has 0 heterocycles. The molecule has 0 aromatic heterocycles. The third kappa shape index (κ3) is 5.21. The van der Waals surface area contributed by atoms with Crippen molar-refractivity contribution in [2.75, 3.05) is 5.32 Å². The Morgan fingerprint density at radius 2 is 2.10 bits per heavy atom. The Hall–Kier alpha value is -1.56. The zero-order chi connectivity index (χ0) is 15.1. The van der Waals surface area contributed by atoms with E-state index in [0.717, 1.165) is 19.3 Å². The maximum atomic E-state index is 11.8. The molecule has 0 saturated heterocycles. The molecular weight excluding hydrogens is 324 g/mol. The number of aromatic carboxylic acids is 1. The number of carbonyl (C=O) groups is 2. The molecule has 0 aliphatic rings. The summed E-state index contributed by atoms with van der Waals surface area (Å²) in [6.45, 7) is 4.02. The first-order chi connectivity index (χ1) is 9.43. The van der Waals surface area contributed by atoms with E-state index in [1.807, 2.05) is 6.92 Å². The average Bonchev–Trinajstić information content (AvgIpc) is 2.38. The summed E-state index contributed by atoms with van der Waals surface area (Å²) in [6, 6.07) is 4.36. The smallest absolute Gasteiger partial charge is 0.337 e. The van der Waals surface area contributed by atoms with Gasteiger partial charge in [-0.05, 0) is 31.5 Å². The van der Waals surface area contributed by atoms with Crippen molar-refractivity contribution >= 4 is 33.6 Å². The van der Waals surface area contributed by atoms with E-state index in [1.165, 1.54) is 6.07 Å². The molecule has 1 atom stereocenters. The first kappa shape index (κ1) is 16.5. The van der Waals surface area contributed by atoms with Crippen molar-refractivity contribution in [1.82, 2.24) is 5.32 Å². The number of carbonyl (C=O) groups excluding carboxylic acids is 1. The molecule has 2 amide bonds. The van der Waals surface area contributed by atoms with Crippen LogP contribution in [0.3, 0.4) is 0 Å². The van der Waals surface area contributed by atoms with E-state index in [1.54, 1.807) is 12.1 Å². The Morgan fingerprint density at radius 3 is 2.70 bits per heavy atom. The van der Waals surface area contributed by atoms with Gasteiger partial charge in [0.2, 0.25) is 0 Å². The minimum absolute atomic E-state index is 0.0516. The quantitative estimate of drug-likeness (QED) is 0.734. The van der Waals surface area contributed by atoms with Gasteiger partial charge in [-0.25, -0.2) is 9.59 Å². The molecule has 0 aliphatic carbocycles. The van der Waals surface area contributed by atoms with Crippen molar-refractivity contribution in [2.45, 2.75) is 39.2 Å². The zero-order valence-electron chi connectivity index (χ0n) is 11.6. The van der Waals surface area contributed by atoms with E-state index in [4.69, 9.17) is 5.11 Å². The summed E-state index contributed by atoms with van der Waals surface area (Å²) in [6.07, 6.45) is 3.01. The number of unbranched alkanes of at least 4 members (excludes halogenated alkanes) is 1. The van der Waals surface area contributed by atoms with Crippen LogP contribution in [0.4, 0.5) is 10.5 Å². The van der Waals surface area contributed by atoms with E-state index in [9.17, 15) is 9.59 Å². The van der Waals surface area contributed by atoms with Gasteiger partial charge in [-0.15, -0.1) is 0 Å². The topological polar surface area (TPSA) is 78.4 Å². The Labute approximate surface area is 126 Å². The third-order valence-electron chi connectivity index (χ3n) is 2.83. The molecule has 5 nitrogen and oxygen atoms in total. The van der Waals surface area contributed by atoms with Gasteiger partial charge in [0.15, 0.2) is 0 Å². The number of amides is 2. The molecule has 1 unspecified atom stereocenters. The van der Waals surface area contributed by atoms with Crippen LogP contribution in [0.2, 0.25) is 0 Å². The van der Waals surface area contributed by atoms with Gasteiger partial charge < -0.3 is 15.7 Å². The first-order valence-electron chi connectivity index (χ1n) is 6.54. The average molecular weight is 343 g/mol. The Morgan fingerprint density at radius 1 is 1.40 bits per heavy atom. The van der Waals surface area contributed by atoms with Crippen molar-refractivity contribution in [3.05, 3.63) is 28.2 Å². The minimum atomic E-state index is -1.08. The highest BCUT2D eigenvalue weighted by molar-refractivity contribution is 9.10. The first-order valence-corrected chi connectivity index (χ1v) is 7.33. The van der Waals surface area contributed by atoms with Crippen molar-refractivity contribution < 1.29 is 14.7 Å². The van der Waals surface area contributed by atoms with Gasteiger partial charge in [-0.3, -0.25) is 0 Å². The summed E-state index contributed by atoms with van der Waals surface area (Å²) in [5, 5.41) is 14.5. The van der Waals surface area contributed by atoms with Gasteiger partial charge in [-0.2, -0.15) is 0 Å². The van der Waals surface area contributed by atoms with Crippen LogP contribution >= 0.6 is 15.9 Å². The van der Waals surface area contributed by atoms with Crippen molar-refractivity contribution in [1.29, 1.82) is 0 Å². The second kappa shape index (κ2) is 7.89. The maximum Gasteiger partial charge on any atom is 0.337 e. The van der Waals surface area contributed by atoms with Crippen LogP contribution in [0.25, 0.3) is 0 Å². The summed E-state index contributed by atoms with van der Waals surface area (Å²) in [4.78, 5) is 22.9. The fourth-order valence-electron chi connectivity index (χ4n) is 1.77. The summed E-state index contributed by atoms with van der Waals surface area (Å²) in [5.74, 6) is -1.08. The number of urea groups is 1. The molecule has 0 radical (unpaired) electrons. The lowest BCUT2D eigenvalue weighted by Crippen LogP contribution is -2.36. The normalized spacial score (nSPS) is 11.8. The predicted octanol–water partition coefficient (Wildman–Crippen LogP) is 3.85. The summed E-state index contributed by atoms with van der Waals surface area (Å²) in [7, 11) is 0. The molecule has 110 valence electrons. The van der Waals surface area contributed by atoms with Crippen LogP contribution in [0.1, 0.15) is 43.5 Å². The Balaban J connectivity index is 2.68. The SMILES string of the molecule is CCCCC(C)NC(=O)Nc1ccc(Br)cc1C(=O)O. The fraction of sp³-hybridized carbons (Fsp3) is 0.429. The zero-order valence-corrected chi connectivity index (χ0v) is 13.2. The third-order valence-corrected chi connectivity index (χ3v) is 3.32. The summed E-state index contributed by atoms with van der Waals surface area (Å²) in [5.41, 5.74) is 0.330. The molecule has 0 saturated carbocycles. The molecule has 0 spiro atoms. The number of hydrogen-bond acceptors (Lipinski definition) is 2. The minimum Gasteiger partial charge on any atom is -0.478 e. The molecule has 1 aromatic rings. The number of rotatable bonds is 6. The van der Waals surface area contributed by atoms with Crippen LogP contribution < -0.4 is 10.6 Å². The maximum absolute atomic E-state index is 11.8.